The van der Waals surface area contributed by atoms with Gasteiger partial charge in [-0.2, -0.15) is 0 Å². The fourth-order valence-electron chi connectivity index (χ4n) is 0.956. The van der Waals surface area contributed by atoms with Crippen LogP contribution >= 0.6 is 0 Å². The predicted octanol–water partition coefficient (Wildman–Crippen LogP) is -2.14. The third-order valence-corrected chi connectivity index (χ3v) is 1.52. The minimum atomic E-state index is 0.937. The summed E-state index contributed by atoms with van der Waals surface area (Å²) in [5, 5.41) is 6.45. The number of allylic oxidation sites excluding steroid dienone is 1. The fraction of sp³-hybridized carbons (Fsp3) is 0.500. The van der Waals surface area contributed by atoms with Crippen molar-refractivity contribution in [2.75, 3.05) is 6.54 Å². The topological polar surface area (TPSA) is 27.3 Å². The van der Waals surface area contributed by atoms with Crippen LogP contribution in [-0.2, 0) is 0 Å². The Bertz CT molecular complexity index is 112. The molecule has 1 aliphatic rings. The Kier molecular flexibility index (Phi) is 3.64. The first-order chi connectivity index (χ1) is 4.93. The highest BCUT2D eigenvalue weighted by molar-refractivity contribution is 6.65. The van der Waals surface area contributed by atoms with Crippen molar-refractivity contribution in [3.63, 3.8) is 0 Å². The zero-order valence-electron chi connectivity index (χ0n) is 6.43. The van der Waals surface area contributed by atoms with Gasteiger partial charge in [-0.15, -0.1) is 0 Å². The summed E-state index contributed by atoms with van der Waals surface area (Å²) < 4.78 is 2.30. The maximum atomic E-state index is 3.22. The second kappa shape index (κ2) is 4.60. The molecule has 0 aliphatic carbocycles. The summed E-state index contributed by atoms with van der Waals surface area (Å²) in [6.45, 7) is 3.08. The fourth-order valence-corrected chi connectivity index (χ4v) is 0.956. The molecule has 3 nitrogen and oxygen atoms in total. The minimum absolute atomic E-state index is 0.937. The van der Waals surface area contributed by atoms with E-state index in [0.29, 0.717) is 0 Å². The molecule has 0 amide bonds. The Balaban J connectivity index is 2.13. The molecule has 10 heavy (non-hydrogen) atoms. The molecule has 0 saturated carbocycles. The molecule has 52 valence electrons. The van der Waals surface area contributed by atoms with Gasteiger partial charge in [0.25, 0.3) is 22.6 Å². The molecule has 2 N–H and O–H groups in total. The Morgan fingerprint density at radius 3 is 2.70 bits per heavy atom. The highest BCUT2D eigenvalue weighted by Crippen LogP contribution is 1.82. The molecule has 1 rings (SSSR count). The predicted molar refractivity (Wildman–Crippen MR) is 49.2 cm³/mol. The Hall–Kier alpha value is -0.185. The van der Waals surface area contributed by atoms with Crippen molar-refractivity contribution in [3.05, 3.63) is 12.2 Å². The molecule has 0 aromatic heterocycles. The number of hydrogen-bond acceptors (Lipinski definition) is 3. The average Bonchev–Trinajstić information content (AvgIpc) is 2.03. The van der Waals surface area contributed by atoms with Crippen molar-refractivity contribution in [1.82, 2.24) is 15.0 Å². The SMILES string of the molecule is CC=CCN1BNBNB1. The van der Waals surface area contributed by atoms with E-state index in [9.17, 15) is 0 Å². The van der Waals surface area contributed by atoms with Crippen molar-refractivity contribution in [2.24, 2.45) is 0 Å². The molecule has 0 aromatic rings. The van der Waals surface area contributed by atoms with Crippen LogP contribution in [0.25, 0.3) is 0 Å². The maximum absolute atomic E-state index is 3.22. The summed E-state index contributed by atoms with van der Waals surface area (Å²) in [6, 6.07) is 0. The van der Waals surface area contributed by atoms with Crippen molar-refractivity contribution >= 4 is 22.6 Å². The minimum Gasteiger partial charge on any atom is -0.377 e. The summed E-state index contributed by atoms with van der Waals surface area (Å²) >= 11 is 0. The van der Waals surface area contributed by atoms with E-state index >= 15 is 0 Å². The van der Waals surface area contributed by atoms with Gasteiger partial charge in [-0.05, 0) is 13.5 Å². The highest BCUT2D eigenvalue weighted by Gasteiger charge is 2.10. The number of nitrogens with zero attached hydrogens (tertiary/aromatic N) is 1. The molecule has 1 saturated heterocycles. The van der Waals surface area contributed by atoms with Crippen LogP contribution in [0.5, 0.6) is 0 Å². The van der Waals surface area contributed by atoms with E-state index in [4.69, 9.17) is 0 Å². The van der Waals surface area contributed by atoms with Crippen LogP contribution in [0.15, 0.2) is 12.2 Å². The quantitative estimate of drug-likeness (QED) is 0.334. The molecule has 0 bridgehead atoms. The van der Waals surface area contributed by atoms with Crippen LogP contribution in [-0.4, -0.2) is 33.9 Å². The van der Waals surface area contributed by atoms with Gasteiger partial charge in [-0.3, -0.25) is 0 Å². The average molecular weight is 135 g/mol. The van der Waals surface area contributed by atoms with Gasteiger partial charge in [0.1, 0.15) is 0 Å². The Morgan fingerprint density at radius 2 is 2.10 bits per heavy atom. The van der Waals surface area contributed by atoms with Crippen molar-refractivity contribution < 1.29 is 0 Å². The van der Waals surface area contributed by atoms with Crippen LogP contribution in [0, 0.1) is 0 Å². The lowest BCUT2D eigenvalue weighted by atomic mass is 9.81. The molecule has 0 radical (unpaired) electrons. The molecular formula is C4H12B3N3. The number of hydrogen-bond donors (Lipinski definition) is 2. The van der Waals surface area contributed by atoms with Crippen LogP contribution < -0.4 is 10.3 Å². The summed E-state index contributed by atoms with van der Waals surface area (Å²) in [5.74, 6) is 0. The smallest absolute Gasteiger partial charge is 0.268 e. The van der Waals surface area contributed by atoms with Gasteiger partial charge in [-0.1, -0.05) is 12.2 Å². The first-order valence-electron chi connectivity index (χ1n) is 3.68. The Labute approximate surface area is 64.1 Å². The molecule has 0 atom stereocenters. The van der Waals surface area contributed by atoms with Crippen LogP contribution in [0.2, 0.25) is 0 Å². The second-order valence-corrected chi connectivity index (χ2v) is 2.42. The summed E-state index contributed by atoms with van der Waals surface area (Å²) in [7, 11) is 2.93. The van der Waals surface area contributed by atoms with E-state index in [1.807, 2.05) is 6.92 Å². The first-order valence-corrected chi connectivity index (χ1v) is 3.68. The molecule has 0 spiro atoms. The maximum Gasteiger partial charge on any atom is 0.268 e. The van der Waals surface area contributed by atoms with Crippen LogP contribution in [0.3, 0.4) is 0 Å². The molecular weight excluding hydrogens is 123 g/mol. The molecule has 6 heteroatoms. The van der Waals surface area contributed by atoms with Gasteiger partial charge >= 0.3 is 0 Å². The molecule has 1 fully saturated rings. The van der Waals surface area contributed by atoms with Gasteiger partial charge < -0.3 is 15.0 Å². The summed E-state index contributed by atoms with van der Waals surface area (Å²) in [4.78, 5) is 0. The van der Waals surface area contributed by atoms with Crippen LogP contribution in [0.4, 0.5) is 0 Å². The van der Waals surface area contributed by atoms with Gasteiger partial charge in [0, 0.05) is 0 Å². The van der Waals surface area contributed by atoms with Crippen LogP contribution in [0.1, 0.15) is 6.92 Å². The monoisotopic (exact) mass is 135 g/mol. The van der Waals surface area contributed by atoms with Gasteiger partial charge in [-0.25, -0.2) is 0 Å². The summed E-state index contributed by atoms with van der Waals surface area (Å²) in [5.41, 5.74) is 0. The number of rotatable bonds is 2. The van der Waals surface area contributed by atoms with E-state index in [-0.39, 0.29) is 0 Å². The third-order valence-electron chi connectivity index (χ3n) is 1.52. The zero-order chi connectivity index (χ0) is 7.23. The molecule has 0 aromatic carbocycles. The normalized spacial score (nSPS) is 19.7. The lowest BCUT2D eigenvalue weighted by Crippen LogP contribution is -2.57. The van der Waals surface area contributed by atoms with E-state index in [2.05, 4.69) is 27.2 Å². The lowest BCUT2D eigenvalue weighted by molar-refractivity contribution is 0.734. The molecule has 1 aliphatic heterocycles. The van der Waals surface area contributed by atoms with Gasteiger partial charge in [0.15, 0.2) is 0 Å². The van der Waals surface area contributed by atoms with Gasteiger partial charge in [0.2, 0.25) is 0 Å². The van der Waals surface area contributed by atoms with E-state index in [0.717, 1.165) is 29.2 Å². The van der Waals surface area contributed by atoms with Crippen molar-refractivity contribution in [3.8, 4) is 0 Å². The van der Waals surface area contributed by atoms with Crippen molar-refractivity contribution in [2.45, 2.75) is 6.92 Å². The molecule has 0 unspecified atom stereocenters. The molecule has 1 heterocycles. The highest BCUT2D eigenvalue weighted by atomic mass is 15.1. The first kappa shape index (κ1) is 7.92. The second-order valence-electron chi connectivity index (χ2n) is 2.42. The largest absolute Gasteiger partial charge is 0.377 e. The van der Waals surface area contributed by atoms with E-state index < -0.39 is 0 Å². The number of nitrogens with one attached hydrogen (secondary N) is 2. The van der Waals surface area contributed by atoms with Gasteiger partial charge in [0.05, 0.1) is 0 Å². The zero-order valence-corrected chi connectivity index (χ0v) is 6.43. The van der Waals surface area contributed by atoms with E-state index in [1.54, 1.807) is 0 Å². The summed E-state index contributed by atoms with van der Waals surface area (Å²) in [6.07, 6.45) is 4.24. The third kappa shape index (κ3) is 2.60. The van der Waals surface area contributed by atoms with Crippen molar-refractivity contribution in [1.29, 1.82) is 0 Å². The lowest BCUT2D eigenvalue weighted by Gasteiger charge is -2.23. The van der Waals surface area contributed by atoms with E-state index in [1.165, 1.54) is 0 Å². The Morgan fingerprint density at radius 1 is 1.40 bits per heavy atom. The standard InChI is InChI=1S/C4H12B3N3/c1-2-3-4-10-6-8-5-9-7-10/h2-3,5-9H,4H2,1H3.